The summed E-state index contributed by atoms with van der Waals surface area (Å²) >= 11 is 0. The van der Waals surface area contributed by atoms with Crippen molar-refractivity contribution in [3.63, 3.8) is 0 Å². The lowest BCUT2D eigenvalue weighted by molar-refractivity contribution is 0.254. The van der Waals surface area contributed by atoms with Crippen LogP contribution in [0.3, 0.4) is 0 Å². The van der Waals surface area contributed by atoms with Gasteiger partial charge in [0.05, 0.1) is 6.61 Å². The van der Waals surface area contributed by atoms with Crippen LogP contribution in [0, 0.1) is 0 Å². The van der Waals surface area contributed by atoms with Crippen molar-refractivity contribution >= 4 is 5.96 Å². The Kier molecular flexibility index (Phi) is 4.96. The Bertz CT molecular complexity index is 682. The van der Waals surface area contributed by atoms with Crippen LogP contribution < -0.4 is 20.1 Å². The molecule has 3 aliphatic rings. The molecule has 0 spiro atoms. The zero-order valence-electron chi connectivity index (χ0n) is 16.2. The van der Waals surface area contributed by atoms with Crippen LogP contribution >= 0.6 is 0 Å². The van der Waals surface area contributed by atoms with E-state index in [4.69, 9.17) is 9.47 Å². The summed E-state index contributed by atoms with van der Waals surface area (Å²) in [6, 6.07) is 5.40. The summed E-state index contributed by atoms with van der Waals surface area (Å²) in [6.07, 6.45) is 7.50. The van der Waals surface area contributed by atoms with E-state index in [0.29, 0.717) is 24.6 Å². The smallest absolute Gasteiger partial charge is 0.191 e. The van der Waals surface area contributed by atoms with Crippen LogP contribution in [-0.2, 0) is 6.42 Å². The Morgan fingerprint density at radius 2 is 2.08 bits per heavy atom. The molecule has 0 saturated heterocycles. The van der Waals surface area contributed by atoms with E-state index in [0.717, 1.165) is 30.3 Å². The van der Waals surface area contributed by atoms with Gasteiger partial charge in [-0.1, -0.05) is 12.8 Å². The summed E-state index contributed by atoms with van der Waals surface area (Å²) in [5.41, 5.74) is 2.54. The quantitative estimate of drug-likeness (QED) is 0.627. The van der Waals surface area contributed by atoms with Crippen LogP contribution in [0.25, 0.3) is 0 Å². The van der Waals surface area contributed by atoms with Gasteiger partial charge in [0, 0.05) is 42.6 Å². The van der Waals surface area contributed by atoms with Crippen LogP contribution in [-0.4, -0.2) is 37.8 Å². The molecule has 1 heterocycles. The fourth-order valence-electron chi connectivity index (χ4n) is 4.33. The highest BCUT2D eigenvalue weighted by Gasteiger charge is 2.42. The van der Waals surface area contributed by atoms with Crippen molar-refractivity contribution < 1.29 is 9.47 Å². The van der Waals surface area contributed by atoms with Crippen molar-refractivity contribution in [2.45, 2.75) is 76.5 Å². The van der Waals surface area contributed by atoms with Crippen molar-refractivity contribution in [1.29, 1.82) is 0 Å². The first kappa shape index (κ1) is 17.5. The Morgan fingerprint density at radius 3 is 2.81 bits per heavy atom. The molecule has 0 aromatic heterocycles. The predicted octanol–water partition coefficient (Wildman–Crippen LogP) is 3.37. The van der Waals surface area contributed by atoms with Gasteiger partial charge in [-0.05, 0) is 45.2 Å². The molecule has 2 N–H and O–H groups in total. The van der Waals surface area contributed by atoms with Gasteiger partial charge in [0.2, 0.25) is 0 Å². The zero-order chi connectivity index (χ0) is 18.1. The molecule has 0 radical (unpaired) electrons. The van der Waals surface area contributed by atoms with Crippen LogP contribution in [0.1, 0.15) is 63.0 Å². The Balaban J connectivity index is 1.44. The monoisotopic (exact) mass is 357 g/mol. The largest absolute Gasteiger partial charge is 0.494 e. The summed E-state index contributed by atoms with van der Waals surface area (Å²) in [5, 5.41) is 7.18. The molecule has 0 bridgehead atoms. The normalized spacial score (nSPS) is 27.8. The second-order valence-electron chi connectivity index (χ2n) is 7.85. The average molecular weight is 357 g/mol. The molecular formula is C21H31N3O2. The first-order chi connectivity index (χ1) is 12.7. The third-order valence-corrected chi connectivity index (χ3v) is 5.76. The van der Waals surface area contributed by atoms with Gasteiger partial charge in [-0.25, -0.2) is 0 Å². The summed E-state index contributed by atoms with van der Waals surface area (Å²) in [7, 11) is 1.86. The number of hydrogen-bond acceptors (Lipinski definition) is 3. The summed E-state index contributed by atoms with van der Waals surface area (Å²) in [4.78, 5) is 4.42. The predicted molar refractivity (Wildman–Crippen MR) is 104 cm³/mol. The van der Waals surface area contributed by atoms with Gasteiger partial charge in [0.15, 0.2) is 5.96 Å². The fourth-order valence-corrected chi connectivity index (χ4v) is 4.33. The van der Waals surface area contributed by atoms with Gasteiger partial charge < -0.3 is 20.1 Å². The Labute approximate surface area is 156 Å². The summed E-state index contributed by atoms with van der Waals surface area (Å²) in [5.74, 6) is 3.46. The third-order valence-electron chi connectivity index (χ3n) is 5.76. The van der Waals surface area contributed by atoms with E-state index in [9.17, 15) is 0 Å². The van der Waals surface area contributed by atoms with Gasteiger partial charge >= 0.3 is 0 Å². The van der Waals surface area contributed by atoms with E-state index in [1.54, 1.807) is 0 Å². The highest BCUT2D eigenvalue weighted by molar-refractivity contribution is 5.81. The van der Waals surface area contributed by atoms with E-state index in [1.807, 2.05) is 14.0 Å². The average Bonchev–Trinajstić information content (AvgIpc) is 3.01. The highest BCUT2D eigenvalue weighted by atomic mass is 16.5. The van der Waals surface area contributed by atoms with Crippen LogP contribution in [0.4, 0.5) is 0 Å². The molecule has 1 aromatic carbocycles. The number of hydrogen-bond donors (Lipinski definition) is 2. The van der Waals surface area contributed by atoms with E-state index in [1.165, 1.54) is 36.8 Å². The molecule has 5 heteroatoms. The summed E-state index contributed by atoms with van der Waals surface area (Å²) < 4.78 is 11.9. The van der Waals surface area contributed by atoms with E-state index in [-0.39, 0.29) is 6.10 Å². The number of ether oxygens (including phenoxy) is 2. The summed E-state index contributed by atoms with van der Waals surface area (Å²) in [6.45, 7) is 4.87. The minimum absolute atomic E-state index is 0.261. The number of rotatable bonds is 5. The second-order valence-corrected chi connectivity index (χ2v) is 7.85. The molecule has 142 valence electrons. The van der Waals surface area contributed by atoms with Gasteiger partial charge in [-0.2, -0.15) is 0 Å². The molecule has 0 amide bonds. The molecule has 2 aliphatic carbocycles. The van der Waals surface area contributed by atoms with Crippen molar-refractivity contribution in [1.82, 2.24) is 10.6 Å². The van der Waals surface area contributed by atoms with E-state index in [2.05, 4.69) is 34.7 Å². The molecule has 3 atom stereocenters. The lowest BCUT2D eigenvalue weighted by Crippen LogP contribution is -2.43. The maximum absolute atomic E-state index is 5.97. The highest BCUT2D eigenvalue weighted by Crippen LogP contribution is 2.48. The topological polar surface area (TPSA) is 54.9 Å². The lowest BCUT2D eigenvalue weighted by atomic mass is 10.0. The number of aliphatic imine (C=N–C) groups is 1. The zero-order valence-corrected chi connectivity index (χ0v) is 16.2. The van der Waals surface area contributed by atoms with Crippen molar-refractivity contribution in [3.05, 3.63) is 23.3 Å². The number of fused-ring (bicyclic) bond motifs is 1. The number of nitrogens with zero attached hydrogens (tertiary/aromatic N) is 1. The molecule has 26 heavy (non-hydrogen) atoms. The first-order valence-corrected chi connectivity index (χ1v) is 10.1. The fraction of sp³-hybridized carbons (Fsp3) is 0.667. The number of benzene rings is 1. The minimum atomic E-state index is 0.261. The first-order valence-electron chi connectivity index (χ1n) is 10.1. The van der Waals surface area contributed by atoms with Gasteiger partial charge in [0.1, 0.15) is 17.6 Å². The lowest BCUT2D eigenvalue weighted by Gasteiger charge is -2.17. The molecule has 1 aliphatic heterocycles. The number of guanidine groups is 1. The minimum Gasteiger partial charge on any atom is -0.494 e. The van der Waals surface area contributed by atoms with Crippen molar-refractivity contribution in [2.75, 3.05) is 13.7 Å². The SMILES string of the molecule is CCOc1cc2c(cc1C1CC1NC(=NC)NC1CCCC1)OC(C)C2. The van der Waals surface area contributed by atoms with E-state index < -0.39 is 0 Å². The van der Waals surface area contributed by atoms with Crippen LogP contribution in [0.15, 0.2) is 17.1 Å². The molecule has 2 saturated carbocycles. The molecular weight excluding hydrogens is 326 g/mol. The van der Waals surface area contributed by atoms with Gasteiger partial charge in [-0.15, -0.1) is 0 Å². The van der Waals surface area contributed by atoms with Crippen molar-refractivity contribution in [2.24, 2.45) is 4.99 Å². The second kappa shape index (κ2) is 7.37. The Morgan fingerprint density at radius 1 is 1.27 bits per heavy atom. The maximum atomic E-state index is 5.97. The number of nitrogens with one attached hydrogen (secondary N) is 2. The van der Waals surface area contributed by atoms with Crippen LogP contribution in [0.5, 0.6) is 11.5 Å². The Hall–Kier alpha value is -1.91. The van der Waals surface area contributed by atoms with E-state index >= 15 is 0 Å². The standard InChI is InChI=1S/C21H31N3O2/c1-4-25-20-10-14-9-13(2)26-19(14)12-17(20)16-11-18(16)24-21(22-3)23-15-7-5-6-8-15/h10,12-13,15-16,18H,4-9,11H2,1-3H3,(H2,22,23,24). The van der Waals surface area contributed by atoms with Gasteiger partial charge in [-0.3, -0.25) is 4.99 Å². The third kappa shape index (κ3) is 3.62. The molecule has 5 nitrogen and oxygen atoms in total. The maximum Gasteiger partial charge on any atom is 0.191 e. The molecule has 4 rings (SSSR count). The molecule has 3 unspecified atom stereocenters. The van der Waals surface area contributed by atoms with Crippen molar-refractivity contribution in [3.8, 4) is 11.5 Å². The van der Waals surface area contributed by atoms with Gasteiger partial charge in [0.25, 0.3) is 0 Å². The molecule has 2 fully saturated rings. The molecule has 1 aromatic rings. The van der Waals surface area contributed by atoms with Crippen LogP contribution in [0.2, 0.25) is 0 Å².